The Morgan fingerprint density at radius 1 is 1.12 bits per heavy atom. The standard InChI is InChI=1S/C19H25F3N2/c1-17(2,3)18(8-11-23)9-12-24(13-10-18)14-15-6-4-5-7-16(15)19(20,21)22/h4-7H,8-10,12-14H2,1-3H3. The molecule has 0 saturated carbocycles. The van der Waals surface area contributed by atoms with Gasteiger partial charge in [0.05, 0.1) is 11.6 Å². The lowest BCUT2D eigenvalue weighted by Crippen LogP contribution is -2.46. The molecular formula is C19H25F3N2. The van der Waals surface area contributed by atoms with Gasteiger partial charge in [0, 0.05) is 13.0 Å². The molecule has 2 rings (SSSR count). The first-order chi connectivity index (χ1) is 11.1. The van der Waals surface area contributed by atoms with E-state index in [9.17, 15) is 18.4 Å². The van der Waals surface area contributed by atoms with Crippen LogP contribution in [0, 0.1) is 22.2 Å². The Morgan fingerprint density at radius 2 is 1.71 bits per heavy atom. The molecule has 5 heteroatoms. The molecule has 1 fully saturated rings. The summed E-state index contributed by atoms with van der Waals surface area (Å²) in [6.07, 6.45) is -2.12. The highest BCUT2D eigenvalue weighted by Crippen LogP contribution is 2.49. The molecule has 0 aromatic heterocycles. The van der Waals surface area contributed by atoms with Crippen LogP contribution < -0.4 is 0 Å². The maximum absolute atomic E-state index is 13.1. The molecule has 1 aromatic rings. The van der Waals surface area contributed by atoms with Crippen molar-refractivity contribution in [2.75, 3.05) is 13.1 Å². The van der Waals surface area contributed by atoms with Crippen molar-refractivity contribution in [3.05, 3.63) is 35.4 Å². The molecule has 24 heavy (non-hydrogen) atoms. The first kappa shape index (κ1) is 18.8. The Bertz CT molecular complexity index is 600. The summed E-state index contributed by atoms with van der Waals surface area (Å²) in [5.41, 5.74) is -0.260. The number of nitriles is 1. The van der Waals surface area contributed by atoms with Crippen molar-refractivity contribution in [3.8, 4) is 6.07 Å². The smallest absolute Gasteiger partial charge is 0.299 e. The predicted molar refractivity (Wildman–Crippen MR) is 88.1 cm³/mol. The number of rotatable bonds is 3. The van der Waals surface area contributed by atoms with Crippen molar-refractivity contribution in [2.45, 2.75) is 52.8 Å². The van der Waals surface area contributed by atoms with Crippen molar-refractivity contribution >= 4 is 0 Å². The summed E-state index contributed by atoms with van der Waals surface area (Å²) >= 11 is 0. The highest BCUT2D eigenvalue weighted by molar-refractivity contribution is 5.29. The molecule has 0 atom stereocenters. The number of benzene rings is 1. The Hall–Kier alpha value is -1.54. The van der Waals surface area contributed by atoms with Crippen molar-refractivity contribution < 1.29 is 13.2 Å². The van der Waals surface area contributed by atoms with E-state index in [4.69, 9.17) is 0 Å². The third-order valence-electron chi connectivity index (χ3n) is 5.54. The largest absolute Gasteiger partial charge is 0.416 e. The first-order valence-corrected chi connectivity index (χ1v) is 8.33. The molecule has 0 unspecified atom stereocenters. The van der Waals surface area contributed by atoms with E-state index in [0.717, 1.165) is 32.0 Å². The number of piperidine rings is 1. The van der Waals surface area contributed by atoms with Crippen molar-refractivity contribution in [1.29, 1.82) is 5.26 Å². The maximum Gasteiger partial charge on any atom is 0.416 e. The fourth-order valence-corrected chi connectivity index (χ4v) is 3.66. The second-order valence-corrected chi connectivity index (χ2v) is 7.80. The molecule has 0 spiro atoms. The van der Waals surface area contributed by atoms with Crippen LogP contribution in [0.25, 0.3) is 0 Å². The zero-order chi connectivity index (χ0) is 18.0. The van der Waals surface area contributed by atoms with Crippen LogP contribution in [0.4, 0.5) is 13.2 Å². The van der Waals surface area contributed by atoms with Crippen LogP contribution in [0.2, 0.25) is 0 Å². The molecular weight excluding hydrogens is 313 g/mol. The van der Waals surface area contributed by atoms with E-state index in [1.165, 1.54) is 6.07 Å². The Labute approximate surface area is 142 Å². The summed E-state index contributed by atoms with van der Waals surface area (Å²) in [4.78, 5) is 2.08. The lowest BCUT2D eigenvalue weighted by molar-refractivity contribution is -0.138. The number of nitrogens with zero attached hydrogens (tertiary/aromatic N) is 2. The minimum Gasteiger partial charge on any atom is -0.299 e. The Balaban J connectivity index is 2.11. The van der Waals surface area contributed by atoms with Crippen molar-refractivity contribution in [3.63, 3.8) is 0 Å². The van der Waals surface area contributed by atoms with Crippen LogP contribution in [0.3, 0.4) is 0 Å². The molecule has 0 aliphatic carbocycles. The molecule has 132 valence electrons. The molecule has 0 bridgehead atoms. The van der Waals surface area contributed by atoms with Crippen LogP contribution in [0.5, 0.6) is 0 Å². The summed E-state index contributed by atoms with van der Waals surface area (Å²) in [6, 6.07) is 8.10. The minimum atomic E-state index is -4.32. The van der Waals surface area contributed by atoms with Crippen molar-refractivity contribution in [1.82, 2.24) is 4.90 Å². The summed E-state index contributed by atoms with van der Waals surface area (Å²) in [5.74, 6) is 0. The zero-order valence-electron chi connectivity index (χ0n) is 14.6. The maximum atomic E-state index is 13.1. The van der Waals surface area contributed by atoms with Gasteiger partial charge in [0.2, 0.25) is 0 Å². The predicted octanol–water partition coefficient (Wildman–Crippen LogP) is 5.25. The average Bonchev–Trinajstić information content (AvgIpc) is 2.48. The summed E-state index contributed by atoms with van der Waals surface area (Å²) in [7, 11) is 0. The number of halogens is 3. The SMILES string of the molecule is CC(C)(C)C1(CC#N)CCN(Cc2ccccc2C(F)(F)F)CC1. The molecule has 1 heterocycles. The van der Waals surface area contributed by atoms with Gasteiger partial charge >= 0.3 is 6.18 Å². The van der Waals surface area contributed by atoms with E-state index >= 15 is 0 Å². The van der Waals surface area contributed by atoms with Gasteiger partial charge in [-0.05, 0) is 48.4 Å². The summed E-state index contributed by atoms with van der Waals surface area (Å²) < 4.78 is 39.4. The van der Waals surface area contributed by atoms with Crippen LogP contribution >= 0.6 is 0 Å². The molecule has 1 aliphatic heterocycles. The zero-order valence-corrected chi connectivity index (χ0v) is 14.6. The van der Waals surface area contributed by atoms with Crippen LogP contribution in [0.15, 0.2) is 24.3 Å². The number of alkyl halides is 3. The monoisotopic (exact) mass is 338 g/mol. The molecule has 0 radical (unpaired) electrons. The fraction of sp³-hybridized carbons (Fsp3) is 0.632. The van der Waals surface area contributed by atoms with Crippen molar-refractivity contribution in [2.24, 2.45) is 10.8 Å². The second kappa shape index (κ2) is 6.76. The highest BCUT2D eigenvalue weighted by Gasteiger charge is 2.44. The van der Waals surface area contributed by atoms with E-state index in [-0.39, 0.29) is 10.8 Å². The van der Waals surface area contributed by atoms with Gasteiger partial charge < -0.3 is 0 Å². The minimum absolute atomic E-state index is 0.0126. The molecule has 1 aliphatic rings. The van der Waals surface area contributed by atoms with Crippen LogP contribution in [-0.4, -0.2) is 18.0 Å². The number of hydrogen-bond acceptors (Lipinski definition) is 2. The van der Waals surface area contributed by atoms with Gasteiger partial charge in [0.25, 0.3) is 0 Å². The molecule has 1 aromatic carbocycles. The van der Waals surface area contributed by atoms with E-state index in [2.05, 4.69) is 31.7 Å². The normalized spacial score (nSPS) is 19.0. The van der Waals surface area contributed by atoms with Gasteiger partial charge in [-0.1, -0.05) is 39.0 Å². The quantitative estimate of drug-likeness (QED) is 0.753. The Kier molecular flexibility index (Phi) is 5.29. The topological polar surface area (TPSA) is 27.0 Å². The van der Waals surface area contributed by atoms with Gasteiger partial charge in [-0.15, -0.1) is 0 Å². The third kappa shape index (κ3) is 3.92. The fourth-order valence-electron chi connectivity index (χ4n) is 3.66. The van der Waals surface area contributed by atoms with Crippen LogP contribution in [-0.2, 0) is 12.7 Å². The highest BCUT2D eigenvalue weighted by atomic mass is 19.4. The van der Waals surface area contributed by atoms with Gasteiger partial charge in [-0.2, -0.15) is 18.4 Å². The first-order valence-electron chi connectivity index (χ1n) is 8.33. The average molecular weight is 338 g/mol. The molecule has 0 N–H and O–H groups in total. The Morgan fingerprint density at radius 3 is 2.21 bits per heavy atom. The summed E-state index contributed by atoms with van der Waals surface area (Å²) in [6.45, 7) is 8.22. The van der Waals surface area contributed by atoms with Crippen LogP contribution in [0.1, 0.15) is 51.2 Å². The van der Waals surface area contributed by atoms with Gasteiger partial charge in [-0.3, -0.25) is 4.90 Å². The molecule has 0 amide bonds. The lowest BCUT2D eigenvalue weighted by atomic mass is 9.60. The second-order valence-electron chi connectivity index (χ2n) is 7.80. The lowest BCUT2D eigenvalue weighted by Gasteiger charge is -2.49. The number of hydrogen-bond donors (Lipinski definition) is 0. The molecule has 2 nitrogen and oxygen atoms in total. The third-order valence-corrected chi connectivity index (χ3v) is 5.54. The summed E-state index contributed by atoms with van der Waals surface area (Å²) in [5, 5.41) is 9.19. The molecule has 1 saturated heterocycles. The van der Waals surface area contributed by atoms with E-state index in [1.54, 1.807) is 12.1 Å². The van der Waals surface area contributed by atoms with E-state index < -0.39 is 11.7 Å². The van der Waals surface area contributed by atoms with Gasteiger partial charge in [0.15, 0.2) is 0 Å². The number of likely N-dealkylation sites (tertiary alicyclic amines) is 1. The van der Waals surface area contributed by atoms with E-state index in [0.29, 0.717) is 18.5 Å². The van der Waals surface area contributed by atoms with Gasteiger partial charge in [0.1, 0.15) is 0 Å². The van der Waals surface area contributed by atoms with Gasteiger partial charge in [-0.25, -0.2) is 0 Å². The van der Waals surface area contributed by atoms with E-state index in [1.807, 2.05) is 0 Å².